The molecule has 0 aliphatic carbocycles. The molecule has 4 rings (SSSR count). The maximum absolute atomic E-state index is 14.8. The monoisotopic (exact) mass is 534 g/mol. The Labute approximate surface area is 216 Å². The van der Waals surface area contributed by atoms with E-state index in [0.717, 1.165) is 19.2 Å². The predicted molar refractivity (Wildman–Crippen MR) is 134 cm³/mol. The Morgan fingerprint density at radius 2 is 1.72 bits per heavy atom. The molecule has 3 aromatic rings. The van der Waals surface area contributed by atoms with Gasteiger partial charge in [-0.05, 0) is 37.4 Å². The summed E-state index contributed by atoms with van der Waals surface area (Å²) in [4.78, 5) is 34.3. The van der Waals surface area contributed by atoms with Crippen LogP contribution < -0.4 is 5.56 Å². The maximum Gasteiger partial charge on any atom is 0.263 e. The minimum absolute atomic E-state index is 0.0457. The first-order valence-corrected chi connectivity index (χ1v) is 11.8. The number of para-hydroxylation sites is 1. The van der Waals surface area contributed by atoms with Crippen LogP contribution in [0, 0.1) is 11.6 Å². The Kier molecular flexibility index (Phi) is 8.03. The highest BCUT2D eigenvalue weighted by Crippen LogP contribution is 2.28. The lowest BCUT2D eigenvalue weighted by Crippen LogP contribution is -2.48. The second-order valence-corrected chi connectivity index (χ2v) is 9.03. The molecule has 0 spiro atoms. The van der Waals surface area contributed by atoms with Crippen molar-refractivity contribution in [3.63, 3.8) is 0 Å². The third kappa shape index (κ3) is 5.75. The van der Waals surface area contributed by atoms with Crippen molar-refractivity contribution in [2.24, 2.45) is 5.16 Å². The molecule has 2 aromatic carbocycles. The normalized spacial score (nSPS) is 14.7. The highest BCUT2D eigenvalue weighted by atomic mass is 35.5. The fourth-order valence-corrected chi connectivity index (χ4v) is 4.34. The zero-order valence-corrected chi connectivity index (χ0v) is 20.8. The van der Waals surface area contributed by atoms with Crippen molar-refractivity contribution in [2.75, 3.05) is 39.8 Å². The summed E-state index contributed by atoms with van der Waals surface area (Å²) < 4.78 is 29.6. The highest BCUT2D eigenvalue weighted by Gasteiger charge is 2.21. The topological polar surface area (TPSA) is 67.1 Å². The number of aromatic nitrogens is 1. The van der Waals surface area contributed by atoms with E-state index in [1.165, 1.54) is 29.0 Å². The molecule has 1 fully saturated rings. The Bertz CT molecular complexity index is 1350. The number of pyridine rings is 1. The van der Waals surface area contributed by atoms with Crippen molar-refractivity contribution in [2.45, 2.75) is 0 Å². The van der Waals surface area contributed by atoms with Gasteiger partial charge in [0.2, 0.25) is 0 Å². The number of rotatable bonds is 6. The number of halogens is 4. The molecular formula is C25H22Cl2F2N4O3. The maximum atomic E-state index is 14.8. The molecule has 11 heteroatoms. The average molecular weight is 535 g/mol. The summed E-state index contributed by atoms with van der Waals surface area (Å²) >= 11 is 12.6. The standard InChI is InChI=1S/C25H22Cl2F2N4O3/c1-31-9-11-32(12-10-31)23(35)15-36-30-24(18-7-6-17(28)13-21(18)29)16-5-8-22(34)33(14-16)25-19(26)3-2-4-20(25)27/h2-8,13-14H,9-12,15H2,1H3/b30-24+. The van der Waals surface area contributed by atoms with Gasteiger partial charge in [0.25, 0.3) is 11.5 Å². The van der Waals surface area contributed by atoms with E-state index in [4.69, 9.17) is 28.0 Å². The minimum atomic E-state index is -0.892. The van der Waals surface area contributed by atoms with E-state index in [9.17, 15) is 18.4 Å². The predicted octanol–water partition coefficient (Wildman–Crippen LogP) is 3.97. The van der Waals surface area contributed by atoms with Crippen molar-refractivity contribution in [3.8, 4) is 5.69 Å². The van der Waals surface area contributed by atoms with Crippen molar-refractivity contribution < 1.29 is 18.4 Å². The van der Waals surface area contributed by atoms with Crippen LogP contribution in [0.3, 0.4) is 0 Å². The highest BCUT2D eigenvalue weighted by molar-refractivity contribution is 6.37. The zero-order valence-electron chi connectivity index (χ0n) is 19.3. The van der Waals surface area contributed by atoms with Crippen LogP contribution in [0.2, 0.25) is 10.0 Å². The van der Waals surface area contributed by atoms with Gasteiger partial charge in [0.1, 0.15) is 17.3 Å². The third-order valence-corrected chi connectivity index (χ3v) is 6.36. The first-order valence-electron chi connectivity index (χ1n) is 11.0. The molecule has 1 aromatic heterocycles. The molecule has 0 bridgehead atoms. The van der Waals surface area contributed by atoms with E-state index in [0.29, 0.717) is 19.2 Å². The molecule has 1 aliphatic heterocycles. The van der Waals surface area contributed by atoms with Gasteiger partial charge in [-0.15, -0.1) is 0 Å². The van der Waals surface area contributed by atoms with E-state index in [-0.39, 0.29) is 45.1 Å². The summed E-state index contributed by atoms with van der Waals surface area (Å²) in [7, 11) is 1.97. The summed E-state index contributed by atoms with van der Waals surface area (Å²) in [5.41, 5.74) is -0.0886. The number of carbonyl (C=O) groups is 1. The number of benzene rings is 2. The number of likely N-dealkylation sites (N-methyl/N-ethyl adjacent to an activating group) is 1. The molecule has 1 amide bonds. The second-order valence-electron chi connectivity index (χ2n) is 8.22. The summed E-state index contributed by atoms with van der Waals surface area (Å²) in [5.74, 6) is -1.93. The van der Waals surface area contributed by atoms with Crippen molar-refractivity contribution in [3.05, 3.63) is 97.9 Å². The molecule has 1 aliphatic rings. The molecule has 0 atom stereocenters. The summed E-state index contributed by atoms with van der Waals surface area (Å²) in [6.07, 6.45) is 1.38. The van der Waals surface area contributed by atoms with Gasteiger partial charge >= 0.3 is 0 Å². The van der Waals surface area contributed by atoms with Crippen LogP contribution in [0.5, 0.6) is 0 Å². The Morgan fingerprint density at radius 1 is 1.03 bits per heavy atom. The van der Waals surface area contributed by atoms with Crippen LogP contribution in [0.1, 0.15) is 11.1 Å². The first kappa shape index (κ1) is 25.8. The van der Waals surface area contributed by atoms with E-state index < -0.39 is 17.2 Å². The van der Waals surface area contributed by atoms with Crippen LogP contribution >= 0.6 is 23.2 Å². The zero-order chi connectivity index (χ0) is 25.8. The number of hydrogen-bond donors (Lipinski definition) is 0. The quantitative estimate of drug-likeness (QED) is 0.354. The average Bonchev–Trinajstić information content (AvgIpc) is 2.84. The molecule has 0 saturated carbocycles. The molecule has 1 saturated heterocycles. The Hall–Kier alpha value is -3.27. The minimum Gasteiger partial charge on any atom is -0.385 e. The van der Waals surface area contributed by atoms with Crippen molar-refractivity contribution in [1.29, 1.82) is 0 Å². The van der Waals surface area contributed by atoms with Crippen LogP contribution in [0.4, 0.5) is 8.78 Å². The second kappa shape index (κ2) is 11.2. The van der Waals surface area contributed by atoms with Gasteiger partial charge in [-0.3, -0.25) is 14.2 Å². The lowest BCUT2D eigenvalue weighted by molar-refractivity contribution is -0.137. The third-order valence-electron chi connectivity index (χ3n) is 5.75. The Morgan fingerprint density at radius 3 is 2.39 bits per heavy atom. The van der Waals surface area contributed by atoms with Crippen LogP contribution in [0.15, 0.2) is 64.7 Å². The largest absolute Gasteiger partial charge is 0.385 e. The summed E-state index contributed by atoms with van der Waals surface area (Å²) in [6.45, 7) is 2.24. The van der Waals surface area contributed by atoms with E-state index >= 15 is 0 Å². The van der Waals surface area contributed by atoms with Crippen LogP contribution in [0.25, 0.3) is 5.69 Å². The summed E-state index contributed by atoms with van der Waals surface area (Å²) in [5, 5.41) is 4.48. The molecule has 0 radical (unpaired) electrons. The first-order chi connectivity index (χ1) is 17.2. The number of oxime groups is 1. The van der Waals surface area contributed by atoms with E-state index in [1.54, 1.807) is 23.1 Å². The van der Waals surface area contributed by atoms with Gasteiger partial charge in [-0.2, -0.15) is 0 Å². The lowest BCUT2D eigenvalue weighted by atomic mass is 10.0. The van der Waals surface area contributed by atoms with Crippen LogP contribution in [-0.2, 0) is 9.63 Å². The van der Waals surface area contributed by atoms with Gasteiger partial charge in [0.15, 0.2) is 6.61 Å². The molecule has 0 N–H and O–H groups in total. The fourth-order valence-electron chi connectivity index (χ4n) is 3.76. The molecule has 36 heavy (non-hydrogen) atoms. The summed E-state index contributed by atoms with van der Waals surface area (Å²) in [6, 6.07) is 10.4. The van der Waals surface area contributed by atoms with Gasteiger partial charge in [-0.25, -0.2) is 8.78 Å². The number of carbonyl (C=O) groups excluding carboxylic acids is 1. The molecular weight excluding hydrogens is 513 g/mol. The smallest absolute Gasteiger partial charge is 0.263 e. The van der Waals surface area contributed by atoms with Gasteiger partial charge in [-0.1, -0.05) is 34.4 Å². The van der Waals surface area contributed by atoms with Gasteiger partial charge in [0, 0.05) is 55.6 Å². The Balaban J connectivity index is 1.70. The van der Waals surface area contributed by atoms with Crippen molar-refractivity contribution in [1.82, 2.24) is 14.4 Å². The molecule has 188 valence electrons. The molecule has 0 unspecified atom stereocenters. The van der Waals surface area contributed by atoms with Crippen LogP contribution in [-0.4, -0.2) is 65.8 Å². The number of hydrogen-bond acceptors (Lipinski definition) is 5. The van der Waals surface area contributed by atoms with Gasteiger partial charge < -0.3 is 14.6 Å². The lowest BCUT2D eigenvalue weighted by Gasteiger charge is -2.32. The SMILES string of the molecule is CN1CCN(C(=O)CO/N=C(\c2ccc(=O)n(-c3c(Cl)cccc3Cl)c2)c2ccc(F)cc2F)CC1. The molecule has 7 nitrogen and oxygen atoms in total. The number of piperazine rings is 1. The fraction of sp³-hybridized carbons (Fsp3) is 0.240. The van der Waals surface area contributed by atoms with Gasteiger partial charge in [0.05, 0.1) is 15.7 Å². The molecule has 2 heterocycles. The number of nitrogens with zero attached hydrogens (tertiary/aromatic N) is 4. The van der Waals surface area contributed by atoms with E-state index in [1.807, 2.05) is 7.05 Å². The number of amides is 1. The van der Waals surface area contributed by atoms with E-state index in [2.05, 4.69) is 10.1 Å². The van der Waals surface area contributed by atoms with Crippen molar-refractivity contribution >= 4 is 34.8 Å².